The molecule has 1 atom stereocenters. The Labute approximate surface area is 159 Å². The molecule has 0 bridgehead atoms. The predicted octanol–water partition coefficient (Wildman–Crippen LogP) is 1.10. The summed E-state index contributed by atoms with van der Waals surface area (Å²) < 4.78 is 4.14. The average Bonchev–Trinajstić information content (AvgIpc) is 3.09. The average molecular weight is 377 g/mol. The summed E-state index contributed by atoms with van der Waals surface area (Å²) in [4.78, 5) is 31.5. The molecule has 0 spiro atoms. The number of aliphatic hydroxyl groups is 1. The van der Waals surface area contributed by atoms with Crippen LogP contribution in [0.4, 0.5) is 11.6 Å². The number of hydrogen-bond acceptors (Lipinski definition) is 5. The lowest BCUT2D eigenvalue weighted by Gasteiger charge is -2.32. The van der Waals surface area contributed by atoms with Gasteiger partial charge >= 0.3 is 5.69 Å². The Morgan fingerprint density at radius 2 is 1.75 bits per heavy atom. The summed E-state index contributed by atoms with van der Waals surface area (Å²) in [6.07, 6.45) is -0.668. The maximum Gasteiger partial charge on any atom is 0.332 e. The fourth-order valence-corrected chi connectivity index (χ4v) is 3.94. The van der Waals surface area contributed by atoms with E-state index in [1.54, 1.807) is 11.6 Å². The summed E-state index contributed by atoms with van der Waals surface area (Å²) in [5.74, 6) is 0.550. The molecule has 0 fully saturated rings. The number of aliphatic hydroxyl groups excluding tert-OH is 1. The molecule has 0 unspecified atom stereocenters. The molecule has 0 amide bonds. The molecule has 2 aromatic heterocycles. The van der Waals surface area contributed by atoms with Crippen LogP contribution in [0.1, 0.15) is 0 Å². The van der Waals surface area contributed by atoms with Crippen LogP contribution < -0.4 is 16.1 Å². The molecule has 8 nitrogen and oxygen atoms in total. The molecule has 1 aliphatic heterocycles. The maximum absolute atomic E-state index is 12.7. The molecule has 4 aromatic rings. The van der Waals surface area contributed by atoms with E-state index in [9.17, 15) is 14.7 Å². The highest BCUT2D eigenvalue weighted by Gasteiger charge is 2.30. The van der Waals surface area contributed by atoms with Gasteiger partial charge in [-0.2, -0.15) is 4.98 Å². The highest BCUT2D eigenvalue weighted by molar-refractivity contribution is 5.87. The lowest BCUT2D eigenvalue weighted by molar-refractivity contribution is 0.154. The predicted molar refractivity (Wildman–Crippen MR) is 107 cm³/mol. The molecular formula is C20H19N5O3. The monoisotopic (exact) mass is 377 g/mol. The fourth-order valence-electron chi connectivity index (χ4n) is 3.94. The number of hydrogen-bond donors (Lipinski definition) is 1. The third-order valence-corrected chi connectivity index (χ3v) is 5.40. The third kappa shape index (κ3) is 2.24. The van der Waals surface area contributed by atoms with Crippen molar-refractivity contribution in [3.63, 3.8) is 0 Å². The SMILES string of the molecule is Cn1c(=O)c2c(nc3n2C[C@H](O)CN3c2ccc3ccccc3c2)n(C)c1=O. The van der Waals surface area contributed by atoms with Gasteiger partial charge in [0, 0.05) is 19.8 Å². The van der Waals surface area contributed by atoms with Gasteiger partial charge in [-0.25, -0.2) is 4.79 Å². The minimum absolute atomic E-state index is 0.253. The van der Waals surface area contributed by atoms with E-state index in [-0.39, 0.29) is 6.54 Å². The van der Waals surface area contributed by atoms with Crippen LogP contribution in [0.5, 0.6) is 0 Å². The van der Waals surface area contributed by atoms with Crippen LogP contribution in [0.3, 0.4) is 0 Å². The van der Waals surface area contributed by atoms with Crippen LogP contribution in [0.15, 0.2) is 52.1 Å². The van der Waals surface area contributed by atoms with E-state index in [1.165, 1.54) is 11.6 Å². The van der Waals surface area contributed by atoms with E-state index in [2.05, 4.69) is 4.98 Å². The van der Waals surface area contributed by atoms with Crippen LogP contribution in [-0.4, -0.2) is 36.4 Å². The number of rotatable bonds is 1. The van der Waals surface area contributed by atoms with Crippen molar-refractivity contribution in [2.45, 2.75) is 12.6 Å². The number of imidazole rings is 1. The van der Waals surface area contributed by atoms with Gasteiger partial charge in [-0.05, 0) is 22.9 Å². The largest absolute Gasteiger partial charge is 0.389 e. The molecule has 1 N–H and O–H groups in total. The number of fused-ring (bicyclic) bond motifs is 4. The normalized spacial score (nSPS) is 16.7. The molecule has 3 heterocycles. The first kappa shape index (κ1) is 16.8. The van der Waals surface area contributed by atoms with E-state index in [0.717, 1.165) is 21.0 Å². The van der Waals surface area contributed by atoms with Crippen molar-refractivity contribution < 1.29 is 5.11 Å². The van der Waals surface area contributed by atoms with Gasteiger partial charge in [0.2, 0.25) is 5.95 Å². The molecular weight excluding hydrogens is 358 g/mol. The van der Waals surface area contributed by atoms with Crippen molar-refractivity contribution in [1.82, 2.24) is 18.7 Å². The molecule has 28 heavy (non-hydrogen) atoms. The number of aryl methyl sites for hydroxylation is 1. The van der Waals surface area contributed by atoms with Gasteiger partial charge in [0.1, 0.15) is 0 Å². The Bertz CT molecular complexity index is 1360. The molecule has 1 aliphatic rings. The molecule has 0 saturated carbocycles. The van der Waals surface area contributed by atoms with Crippen LogP contribution in [0.25, 0.3) is 21.9 Å². The molecule has 0 saturated heterocycles. The number of β-amino-alcohol motifs (C(OH)–C–C–N with tert-alkyl or cyclic N) is 1. The van der Waals surface area contributed by atoms with Gasteiger partial charge in [-0.15, -0.1) is 0 Å². The number of benzene rings is 2. The molecule has 0 aliphatic carbocycles. The first-order valence-electron chi connectivity index (χ1n) is 9.06. The zero-order chi connectivity index (χ0) is 19.6. The minimum atomic E-state index is -0.668. The molecule has 8 heteroatoms. The van der Waals surface area contributed by atoms with E-state index in [0.29, 0.717) is 23.7 Å². The van der Waals surface area contributed by atoms with Gasteiger partial charge in [-0.1, -0.05) is 30.3 Å². The first-order chi connectivity index (χ1) is 13.5. The maximum atomic E-state index is 12.7. The lowest BCUT2D eigenvalue weighted by atomic mass is 10.1. The van der Waals surface area contributed by atoms with Crippen LogP contribution in [-0.2, 0) is 20.6 Å². The Morgan fingerprint density at radius 3 is 2.54 bits per heavy atom. The Balaban J connectivity index is 1.79. The summed E-state index contributed by atoms with van der Waals surface area (Å²) in [5.41, 5.74) is 0.679. The van der Waals surface area contributed by atoms with Gasteiger partial charge in [0.15, 0.2) is 11.2 Å². The van der Waals surface area contributed by atoms with E-state index in [1.807, 2.05) is 47.4 Å². The standard InChI is InChI=1S/C20H19N5O3/c1-22-17-16(18(27)23(2)20(22)28)25-11-15(26)10-24(19(25)21-17)14-8-7-12-5-3-4-6-13(12)9-14/h3-9,15,26H,10-11H2,1-2H3/t15-/m1/s1. The van der Waals surface area contributed by atoms with Crippen molar-refractivity contribution in [3.8, 4) is 0 Å². The van der Waals surface area contributed by atoms with Gasteiger partial charge < -0.3 is 14.6 Å². The first-order valence-corrected chi connectivity index (χ1v) is 9.06. The molecule has 0 radical (unpaired) electrons. The van der Waals surface area contributed by atoms with Crippen LogP contribution in [0, 0.1) is 0 Å². The third-order valence-electron chi connectivity index (χ3n) is 5.40. The number of anilines is 2. The Morgan fingerprint density at radius 1 is 1.00 bits per heavy atom. The summed E-state index contributed by atoms with van der Waals surface area (Å²) in [5, 5.41) is 12.7. The second kappa shape index (κ2) is 5.80. The highest BCUT2D eigenvalue weighted by Crippen LogP contribution is 2.32. The van der Waals surface area contributed by atoms with Gasteiger partial charge in [0.05, 0.1) is 19.2 Å². The summed E-state index contributed by atoms with van der Waals surface area (Å²) in [6.45, 7) is 0.610. The highest BCUT2D eigenvalue weighted by atomic mass is 16.3. The molecule has 142 valence electrons. The summed E-state index contributed by atoms with van der Waals surface area (Å²) in [6, 6.07) is 14.1. The quantitative estimate of drug-likeness (QED) is 0.537. The molecule has 2 aromatic carbocycles. The minimum Gasteiger partial charge on any atom is -0.389 e. The van der Waals surface area contributed by atoms with Crippen molar-refractivity contribution in [2.75, 3.05) is 11.4 Å². The van der Waals surface area contributed by atoms with Crippen molar-refractivity contribution >= 4 is 33.6 Å². The van der Waals surface area contributed by atoms with Crippen molar-refractivity contribution in [3.05, 3.63) is 63.3 Å². The smallest absolute Gasteiger partial charge is 0.332 e. The summed E-state index contributed by atoms with van der Waals surface area (Å²) in [7, 11) is 3.05. The van der Waals surface area contributed by atoms with E-state index >= 15 is 0 Å². The number of nitrogens with zero attached hydrogens (tertiary/aromatic N) is 5. The zero-order valence-electron chi connectivity index (χ0n) is 15.5. The van der Waals surface area contributed by atoms with E-state index < -0.39 is 17.4 Å². The lowest BCUT2D eigenvalue weighted by Crippen LogP contribution is -2.40. The Kier molecular flexibility index (Phi) is 3.47. The van der Waals surface area contributed by atoms with E-state index in [4.69, 9.17) is 0 Å². The topological polar surface area (TPSA) is 85.3 Å². The van der Waals surface area contributed by atoms with Crippen LogP contribution >= 0.6 is 0 Å². The number of aromatic nitrogens is 4. The summed E-state index contributed by atoms with van der Waals surface area (Å²) >= 11 is 0. The van der Waals surface area contributed by atoms with Gasteiger partial charge in [-0.3, -0.25) is 13.9 Å². The Hall–Kier alpha value is -3.39. The fraction of sp³-hybridized carbons (Fsp3) is 0.250. The zero-order valence-corrected chi connectivity index (χ0v) is 15.5. The second-order valence-electron chi connectivity index (χ2n) is 7.20. The van der Waals surface area contributed by atoms with Gasteiger partial charge in [0.25, 0.3) is 5.56 Å². The van der Waals surface area contributed by atoms with Crippen molar-refractivity contribution in [1.29, 1.82) is 0 Å². The second-order valence-corrected chi connectivity index (χ2v) is 7.20. The van der Waals surface area contributed by atoms with Crippen molar-refractivity contribution in [2.24, 2.45) is 14.1 Å². The van der Waals surface area contributed by atoms with Crippen LogP contribution in [0.2, 0.25) is 0 Å². The molecule has 5 rings (SSSR count).